The minimum absolute atomic E-state index is 0.0238. The quantitative estimate of drug-likeness (QED) is 0.828. The Morgan fingerprint density at radius 1 is 1.15 bits per heavy atom. The summed E-state index contributed by atoms with van der Waals surface area (Å²) in [7, 11) is 1.77. The highest BCUT2D eigenvalue weighted by Gasteiger charge is 2.28. The van der Waals surface area contributed by atoms with E-state index in [1.807, 2.05) is 12.1 Å². The number of rotatable bonds is 5. The van der Waals surface area contributed by atoms with E-state index >= 15 is 0 Å². The van der Waals surface area contributed by atoms with Gasteiger partial charge in [-0.1, -0.05) is 30.3 Å². The van der Waals surface area contributed by atoms with Crippen molar-refractivity contribution in [3.63, 3.8) is 0 Å². The predicted molar refractivity (Wildman–Crippen MR) is 102 cm³/mol. The van der Waals surface area contributed by atoms with Crippen LogP contribution >= 0.6 is 0 Å². The SMILES string of the molecule is Cc1cccc(CN(C)C(=O)c2cccc(CN3C(=O)CNC3=O)c2)c1C. The third-order valence-electron chi connectivity index (χ3n) is 4.92. The maximum Gasteiger partial charge on any atom is 0.324 e. The number of urea groups is 1. The summed E-state index contributed by atoms with van der Waals surface area (Å²) in [5.74, 6) is -0.362. The topological polar surface area (TPSA) is 69.7 Å². The van der Waals surface area contributed by atoms with Crippen LogP contribution in [0.2, 0.25) is 0 Å². The van der Waals surface area contributed by atoms with Crippen molar-refractivity contribution in [2.45, 2.75) is 26.9 Å². The Labute approximate surface area is 158 Å². The largest absolute Gasteiger partial charge is 0.337 e. The van der Waals surface area contributed by atoms with Gasteiger partial charge in [-0.2, -0.15) is 0 Å². The summed E-state index contributed by atoms with van der Waals surface area (Å²) in [5.41, 5.74) is 4.77. The summed E-state index contributed by atoms with van der Waals surface area (Å²) in [5, 5.41) is 2.49. The van der Waals surface area contributed by atoms with Gasteiger partial charge < -0.3 is 10.2 Å². The third kappa shape index (κ3) is 4.00. The van der Waals surface area contributed by atoms with Crippen molar-refractivity contribution >= 4 is 17.8 Å². The van der Waals surface area contributed by atoms with Crippen LogP contribution in [-0.4, -0.2) is 41.2 Å². The van der Waals surface area contributed by atoms with Gasteiger partial charge >= 0.3 is 6.03 Å². The number of hydrogen-bond donors (Lipinski definition) is 1. The minimum atomic E-state index is -0.399. The van der Waals surface area contributed by atoms with Gasteiger partial charge in [0, 0.05) is 19.2 Å². The molecule has 0 atom stereocenters. The first kappa shape index (κ1) is 18.6. The van der Waals surface area contributed by atoms with Crippen LogP contribution in [-0.2, 0) is 17.9 Å². The summed E-state index contributed by atoms with van der Waals surface area (Å²) in [6, 6.07) is 12.7. The number of imide groups is 1. The van der Waals surface area contributed by atoms with E-state index in [4.69, 9.17) is 0 Å². The molecule has 1 aliphatic heterocycles. The number of amides is 4. The van der Waals surface area contributed by atoms with E-state index in [1.54, 1.807) is 36.2 Å². The zero-order valence-electron chi connectivity index (χ0n) is 15.8. The number of carbonyl (C=O) groups excluding carboxylic acids is 3. The van der Waals surface area contributed by atoms with Crippen LogP contribution in [0.3, 0.4) is 0 Å². The Morgan fingerprint density at radius 3 is 2.59 bits per heavy atom. The van der Waals surface area contributed by atoms with E-state index in [1.165, 1.54) is 11.1 Å². The molecule has 1 saturated heterocycles. The zero-order chi connectivity index (χ0) is 19.6. The van der Waals surface area contributed by atoms with Gasteiger partial charge in [-0.05, 0) is 48.2 Å². The van der Waals surface area contributed by atoms with Gasteiger partial charge in [0.05, 0.1) is 13.1 Å². The van der Waals surface area contributed by atoms with Crippen LogP contribution in [0.25, 0.3) is 0 Å². The highest BCUT2D eigenvalue weighted by molar-refractivity contribution is 6.02. The molecule has 0 aromatic heterocycles. The average Bonchev–Trinajstić information content (AvgIpc) is 2.97. The van der Waals surface area contributed by atoms with Crippen LogP contribution in [0.5, 0.6) is 0 Å². The summed E-state index contributed by atoms with van der Waals surface area (Å²) < 4.78 is 0. The number of carbonyl (C=O) groups is 3. The molecule has 2 aromatic rings. The summed E-state index contributed by atoms with van der Waals surface area (Å²) in [6.45, 7) is 4.81. The predicted octanol–water partition coefficient (Wildman–Crippen LogP) is 2.63. The molecule has 0 radical (unpaired) electrons. The Kier molecular flexibility index (Phi) is 5.26. The fourth-order valence-electron chi connectivity index (χ4n) is 3.13. The second-order valence-corrected chi connectivity index (χ2v) is 6.86. The fraction of sp³-hybridized carbons (Fsp3) is 0.286. The van der Waals surface area contributed by atoms with Crippen LogP contribution in [0.4, 0.5) is 4.79 Å². The highest BCUT2D eigenvalue weighted by Crippen LogP contribution is 2.17. The van der Waals surface area contributed by atoms with Crippen molar-refractivity contribution in [2.24, 2.45) is 0 Å². The van der Waals surface area contributed by atoms with Crippen molar-refractivity contribution in [2.75, 3.05) is 13.6 Å². The van der Waals surface area contributed by atoms with Crippen molar-refractivity contribution in [3.8, 4) is 0 Å². The molecule has 0 aliphatic carbocycles. The normalized spacial score (nSPS) is 13.7. The van der Waals surface area contributed by atoms with Gasteiger partial charge in [-0.25, -0.2) is 4.79 Å². The average molecular weight is 365 g/mol. The molecule has 6 nitrogen and oxygen atoms in total. The van der Waals surface area contributed by atoms with Gasteiger partial charge in [0.2, 0.25) is 5.91 Å². The highest BCUT2D eigenvalue weighted by atomic mass is 16.2. The number of benzene rings is 2. The first-order valence-electron chi connectivity index (χ1n) is 8.84. The van der Waals surface area contributed by atoms with Crippen LogP contribution in [0, 0.1) is 13.8 Å². The Morgan fingerprint density at radius 2 is 1.89 bits per heavy atom. The van der Waals surface area contributed by atoms with Crippen LogP contribution in [0.1, 0.15) is 32.6 Å². The number of hydrogen-bond acceptors (Lipinski definition) is 3. The maximum absolute atomic E-state index is 12.8. The van der Waals surface area contributed by atoms with Crippen molar-refractivity contribution in [3.05, 3.63) is 70.3 Å². The lowest BCUT2D eigenvalue weighted by Gasteiger charge is -2.20. The molecule has 140 valence electrons. The van der Waals surface area contributed by atoms with Gasteiger partial charge in [0.15, 0.2) is 0 Å². The molecule has 2 aromatic carbocycles. The molecule has 0 bridgehead atoms. The molecule has 3 rings (SSSR count). The van der Waals surface area contributed by atoms with Crippen molar-refractivity contribution in [1.82, 2.24) is 15.1 Å². The van der Waals surface area contributed by atoms with Gasteiger partial charge in [0.25, 0.3) is 5.91 Å². The molecule has 4 amide bonds. The van der Waals surface area contributed by atoms with Gasteiger partial charge in [-0.15, -0.1) is 0 Å². The first-order valence-corrected chi connectivity index (χ1v) is 8.84. The lowest BCUT2D eigenvalue weighted by molar-refractivity contribution is -0.125. The first-order chi connectivity index (χ1) is 12.9. The molecule has 0 spiro atoms. The van der Waals surface area contributed by atoms with E-state index in [0.717, 1.165) is 16.0 Å². The molecule has 1 N–H and O–H groups in total. The molecule has 27 heavy (non-hydrogen) atoms. The number of nitrogens with one attached hydrogen (secondary N) is 1. The van der Waals surface area contributed by atoms with Crippen molar-refractivity contribution in [1.29, 1.82) is 0 Å². The molecule has 0 unspecified atom stereocenters. The molecular weight excluding hydrogens is 342 g/mol. The van der Waals surface area contributed by atoms with E-state index in [-0.39, 0.29) is 24.9 Å². The Bertz CT molecular complexity index is 891. The second kappa shape index (κ2) is 7.61. The lowest BCUT2D eigenvalue weighted by Crippen LogP contribution is -2.30. The molecular formula is C21H23N3O3. The summed E-state index contributed by atoms with van der Waals surface area (Å²) in [4.78, 5) is 39.1. The monoisotopic (exact) mass is 365 g/mol. The summed E-state index contributed by atoms with van der Waals surface area (Å²) in [6.07, 6.45) is 0. The van der Waals surface area contributed by atoms with Crippen LogP contribution < -0.4 is 5.32 Å². The Hall–Kier alpha value is -3.15. The molecule has 1 aliphatic rings. The molecule has 6 heteroatoms. The molecule has 1 heterocycles. The standard InChI is InChI=1S/C21H23N3O3/c1-14-6-4-9-18(15(14)2)13-23(3)20(26)17-8-5-7-16(10-17)12-24-19(25)11-22-21(24)27/h4-10H,11-13H2,1-3H3,(H,22,27). The van der Waals surface area contributed by atoms with Gasteiger partial charge in [0.1, 0.15) is 0 Å². The van der Waals surface area contributed by atoms with E-state index in [2.05, 4.69) is 25.2 Å². The smallest absolute Gasteiger partial charge is 0.324 e. The van der Waals surface area contributed by atoms with E-state index < -0.39 is 6.03 Å². The third-order valence-corrected chi connectivity index (χ3v) is 4.92. The van der Waals surface area contributed by atoms with E-state index in [0.29, 0.717) is 12.1 Å². The molecule has 1 fully saturated rings. The molecule has 0 saturated carbocycles. The number of nitrogens with zero attached hydrogens (tertiary/aromatic N) is 2. The maximum atomic E-state index is 12.8. The fourth-order valence-corrected chi connectivity index (χ4v) is 3.13. The number of aryl methyl sites for hydroxylation is 1. The zero-order valence-corrected chi connectivity index (χ0v) is 15.8. The minimum Gasteiger partial charge on any atom is -0.337 e. The van der Waals surface area contributed by atoms with Gasteiger partial charge in [-0.3, -0.25) is 14.5 Å². The second-order valence-electron chi connectivity index (χ2n) is 6.86. The lowest BCUT2D eigenvalue weighted by atomic mass is 10.0. The van der Waals surface area contributed by atoms with E-state index in [9.17, 15) is 14.4 Å². The summed E-state index contributed by atoms with van der Waals surface area (Å²) >= 11 is 0. The van der Waals surface area contributed by atoms with Crippen molar-refractivity contribution < 1.29 is 14.4 Å². The Balaban J connectivity index is 1.74. The van der Waals surface area contributed by atoms with Crippen LogP contribution in [0.15, 0.2) is 42.5 Å².